The van der Waals surface area contributed by atoms with Gasteiger partial charge in [0.25, 0.3) is 5.91 Å². The number of amides is 2. The summed E-state index contributed by atoms with van der Waals surface area (Å²) in [6, 6.07) is 15.9. The van der Waals surface area contributed by atoms with Crippen LogP contribution in [0.5, 0.6) is 11.5 Å². The first-order valence-electron chi connectivity index (χ1n) is 9.05. The molecule has 1 aliphatic rings. The van der Waals surface area contributed by atoms with Gasteiger partial charge in [-0.3, -0.25) is 14.5 Å². The molecule has 0 aromatic heterocycles. The number of esters is 1. The number of rotatable bonds is 8. The van der Waals surface area contributed by atoms with Crippen molar-refractivity contribution < 1.29 is 28.6 Å². The molecule has 3 rings (SSSR count). The van der Waals surface area contributed by atoms with E-state index in [2.05, 4.69) is 0 Å². The van der Waals surface area contributed by atoms with E-state index in [1.807, 2.05) is 30.3 Å². The van der Waals surface area contributed by atoms with Gasteiger partial charge in [-0.15, -0.1) is 0 Å². The van der Waals surface area contributed by atoms with Crippen LogP contribution in [0, 0.1) is 0 Å². The summed E-state index contributed by atoms with van der Waals surface area (Å²) in [5.74, 6) is -0.351. The minimum absolute atomic E-state index is 0.211. The summed E-state index contributed by atoms with van der Waals surface area (Å²) < 4.78 is 16.3. The third-order valence-electron chi connectivity index (χ3n) is 4.16. The van der Waals surface area contributed by atoms with Crippen molar-refractivity contribution in [2.24, 2.45) is 0 Å². The van der Waals surface area contributed by atoms with Crippen molar-refractivity contribution in [2.45, 2.75) is 12.8 Å². The van der Waals surface area contributed by atoms with Crippen molar-refractivity contribution in [3.8, 4) is 11.5 Å². The second kappa shape index (κ2) is 9.55. The van der Waals surface area contributed by atoms with Crippen molar-refractivity contribution in [1.29, 1.82) is 0 Å². The number of carbonyl (C=O) groups is 3. The Morgan fingerprint density at radius 2 is 1.64 bits per heavy atom. The molecule has 28 heavy (non-hydrogen) atoms. The molecule has 0 saturated carbocycles. The van der Waals surface area contributed by atoms with Crippen LogP contribution in [-0.2, 0) is 14.3 Å². The Morgan fingerprint density at radius 3 is 2.39 bits per heavy atom. The van der Waals surface area contributed by atoms with Crippen LogP contribution in [0.15, 0.2) is 54.6 Å². The lowest BCUT2D eigenvalue weighted by Crippen LogP contribution is -2.35. The third kappa shape index (κ3) is 5.09. The summed E-state index contributed by atoms with van der Waals surface area (Å²) in [5, 5.41) is 0. The van der Waals surface area contributed by atoms with E-state index in [9.17, 15) is 14.4 Å². The molecule has 7 nitrogen and oxygen atoms in total. The Balaban J connectivity index is 1.50. The molecule has 0 atom stereocenters. The monoisotopic (exact) mass is 383 g/mol. The Bertz CT molecular complexity index is 836. The van der Waals surface area contributed by atoms with E-state index in [1.165, 1.54) is 0 Å². The Labute approximate surface area is 162 Å². The van der Waals surface area contributed by atoms with Crippen LogP contribution in [0.25, 0.3) is 0 Å². The zero-order valence-electron chi connectivity index (χ0n) is 15.3. The molecule has 1 saturated heterocycles. The summed E-state index contributed by atoms with van der Waals surface area (Å²) in [5.41, 5.74) is 0.211. The first kappa shape index (κ1) is 19.4. The standard InChI is InChI=1S/C21H21NO6/c23-19-11-6-12-22(19)20(24)15-28-21(25)17-9-4-5-10-18(17)27-14-13-26-16-7-2-1-3-8-16/h1-5,7-10H,6,11-15H2. The first-order valence-corrected chi connectivity index (χ1v) is 9.05. The fourth-order valence-corrected chi connectivity index (χ4v) is 2.78. The maximum atomic E-state index is 12.3. The van der Waals surface area contributed by atoms with Gasteiger partial charge in [-0.1, -0.05) is 30.3 Å². The summed E-state index contributed by atoms with van der Waals surface area (Å²) in [4.78, 5) is 37.0. The van der Waals surface area contributed by atoms with Gasteiger partial charge in [0.2, 0.25) is 5.91 Å². The quantitative estimate of drug-likeness (QED) is 0.514. The van der Waals surface area contributed by atoms with Crippen molar-refractivity contribution in [2.75, 3.05) is 26.4 Å². The molecular formula is C21H21NO6. The van der Waals surface area contributed by atoms with E-state index < -0.39 is 18.5 Å². The van der Waals surface area contributed by atoms with Crippen LogP contribution in [0.1, 0.15) is 23.2 Å². The van der Waals surface area contributed by atoms with Crippen molar-refractivity contribution >= 4 is 17.8 Å². The number of nitrogens with zero attached hydrogens (tertiary/aromatic N) is 1. The number of hydrogen-bond donors (Lipinski definition) is 0. The Kier molecular flexibility index (Phi) is 6.62. The second-order valence-electron chi connectivity index (χ2n) is 6.12. The molecule has 146 valence electrons. The van der Waals surface area contributed by atoms with Gasteiger partial charge in [-0.2, -0.15) is 0 Å². The third-order valence-corrected chi connectivity index (χ3v) is 4.16. The predicted octanol–water partition coefficient (Wildman–Crippen LogP) is 2.45. The average Bonchev–Trinajstić information content (AvgIpc) is 3.16. The lowest BCUT2D eigenvalue weighted by atomic mass is 10.2. The lowest BCUT2D eigenvalue weighted by Gasteiger charge is -2.14. The van der Waals surface area contributed by atoms with Gasteiger partial charge in [-0.25, -0.2) is 4.79 Å². The molecule has 0 aliphatic carbocycles. The molecule has 1 fully saturated rings. The van der Waals surface area contributed by atoms with E-state index in [0.717, 1.165) is 10.6 Å². The molecule has 0 radical (unpaired) electrons. The van der Waals surface area contributed by atoms with Gasteiger partial charge >= 0.3 is 5.97 Å². The number of benzene rings is 2. The molecule has 2 amide bonds. The number of carbonyl (C=O) groups excluding carboxylic acids is 3. The van der Waals surface area contributed by atoms with Crippen LogP contribution in [-0.4, -0.2) is 49.0 Å². The highest BCUT2D eigenvalue weighted by atomic mass is 16.5. The minimum atomic E-state index is -0.681. The predicted molar refractivity (Wildman–Crippen MR) is 100 cm³/mol. The van der Waals surface area contributed by atoms with Gasteiger partial charge < -0.3 is 14.2 Å². The van der Waals surface area contributed by atoms with E-state index >= 15 is 0 Å². The summed E-state index contributed by atoms with van der Waals surface area (Å²) in [6.07, 6.45) is 0.988. The molecule has 7 heteroatoms. The SMILES string of the molecule is O=C(OCC(=O)N1CCCC1=O)c1ccccc1OCCOc1ccccc1. The van der Waals surface area contributed by atoms with Gasteiger partial charge in [0.15, 0.2) is 6.61 Å². The van der Waals surface area contributed by atoms with Gasteiger partial charge in [0.05, 0.1) is 0 Å². The van der Waals surface area contributed by atoms with Crippen LogP contribution >= 0.6 is 0 Å². The summed E-state index contributed by atoms with van der Waals surface area (Å²) >= 11 is 0. The Hall–Kier alpha value is -3.35. The van der Waals surface area contributed by atoms with E-state index in [1.54, 1.807) is 24.3 Å². The molecule has 0 unspecified atom stereocenters. The molecule has 2 aromatic carbocycles. The fourth-order valence-electron chi connectivity index (χ4n) is 2.78. The van der Waals surface area contributed by atoms with Crippen molar-refractivity contribution in [3.63, 3.8) is 0 Å². The van der Waals surface area contributed by atoms with Crippen molar-refractivity contribution in [1.82, 2.24) is 4.90 Å². The highest BCUT2D eigenvalue weighted by Gasteiger charge is 2.27. The highest BCUT2D eigenvalue weighted by Crippen LogP contribution is 2.19. The molecule has 0 spiro atoms. The number of para-hydroxylation sites is 2. The summed E-state index contributed by atoms with van der Waals surface area (Å²) in [7, 11) is 0. The van der Waals surface area contributed by atoms with Crippen LogP contribution < -0.4 is 9.47 Å². The molecular weight excluding hydrogens is 362 g/mol. The number of ether oxygens (including phenoxy) is 3. The molecule has 0 bridgehead atoms. The van der Waals surface area contributed by atoms with E-state index in [-0.39, 0.29) is 18.1 Å². The molecule has 1 heterocycles. The number of likely N-dealkylation sites (tertiary alicyclic amines) is 1. The topological polar surface area (TPSA) is 82.1 Å². The van der Waals surface area contributed by atoms with Crippen LogP contribution in [0.4, 0.5) is 0 Å². The van der Waals surface area contributed by atoms with Crippen LogP contribution in [0.3, 0.4) is 0 Å². The lowest BCUT2D eigenvalue weighted by molar-refractivity contribution is -0.143. The highest BCUT2D eigenvalue weighted by molar-refractivity contribution is 5.99. The Morgan fingerprint density at radius 1 is 0.929 bits per heavy atom. The van der Waals surface area contributed by atoms with Gasteiger partial charge in [-0.05, 0) is 30.7 Å². The maximum Gasteiger partial charge on any atom is 0.342 e. The first-order chi connectivity index (χ1) is 13.6. The fraction of sp³-hybridized carbons (Fsp3) is 0.286. The molecule has 1 aliphatic heterocycles. The minimum Gasteiger partial charge on any atom is -0.490 e. The van der Waals surface area contributed by atoms with Gasteiger partial charge in [0, 0.05) is 13.0 Å². The van der Waals surface area contributed by atoms with E-state index in [0.29, 0.717) is 31.7 Å². The largest absolute Gasteiger partial charge is 0.490 e. The second-order valence-corrected chi connectivity index (χ2v) is 6.12. The smallest absolute Gasteiger partial charge is 0.342 e. The zero-order valence-corrected chi connectivity index (χ0v) is 15.3. The van der Waals surface area contributed by atoms with E-state index in [4.69, 9.17) is 14.2 Å². The van der Waals surface area contributed by atoms with Crippen molar-refractivity contribution in [3.05, 3.63) is 60.2 Å². The average molecular weight is 383 g/mol. The van der Waals surface area contributed by atoms with Crippen LogP contribution in [0.2, 0.25) is 0 Å². The van der Waals surface area contributed by atoms with Gasteiger partial charge in [0.1, 0.15) is 30.3 Å². The normalized spacial score (nSPS) is 13.3. The zero-order chi connectivity index (χ0) is 19.8. The summed E-state index contributed by atoms with van der Waals surface area (Å²) in [6.45, 7) is 0.440. The number of imide groups is 1. The molecule has 0 N–H and O–H groups in total. The molecule has 2 aromatic rings. The maximum absolute atomic E-state index is 12.3. The number of hydrogen-bond acceptors (Lipinski definition) is 6.